The molecule has 0 unspecified atom stereocenters. The maximum Gasteiger partial charge on any atom is 0.177 e. The first-order chi connectivity index (χ1) is 6.19. The van der Waals surface area contributed by atoms with Crippen molar-refractivity contribution in [2.24, 2.45) is 5.73 Å². The maximum absolute atomic E-state index is 11.2. The Bertz CT molecular complexity index is 382. The number of hydrogen-bond acceptors (Lipinski definition) is 3. The highest BCUT2D eigenvalue weighted by atomic mass is 127. The van der Waals surface area contributed by atoms with Crippen LogP contribution in [0.15, 0.2) is 18.2 Å². The average molecular weight is 286 g/mol. The minimum absolute atomic E-state index is 0.00189. The number of benzene rings is 1. The van der Waals surface area contributed by atoms with E-state index in [4.69, 9.17) is 11.0 Å². The van der Waals surface area contributed by atoms with E-state index < -0.39 is 0 Å². The molecule has 66 valence electrons. The number of nitriles is 1. The third-order valence-corrected chi connectivity index (χ3v) is 2.48. The van der Waals surface area contributed by atoms with Crippen LogP contribution < -0.4 is 5.73 Å². The lowest BCUT2D eigenvalue weighted by molar-refractivity contribution is 0.100. The van der Waals surface area contributed by atoms with Crippen molar-refractivity contribution < 1.29 is 4.79 Å². The second-order valence-electron chi connectivity index (χ2n) is 2.43. The monoisotopic (exact) mass is 286 g/mol. The molecule has 0 aliphatic carbocycles. The quantitative estimate of drug-likeness (QED) is 0.658. The van der Waals surface area contributed by atoms with Gasteiger partial charge in [0.05, 0.1) is 18.2 Å². The molecule has 3 nitrogen and oxygen atoms in total. The van der Waals surface area contributed by atoms with Gasteiger partial charge < -0.3 is 5.73 Å². The summed E-state index contributed by atoms with van der Waals surface area (Å²) in [7, 11) is 0. The van der Waals surface area contributed by atoms with Crippen molar-refractivity contribution >= 4 is 28.4 Å². The Morgan fingerprint density at radius 3 is 2.77 bits per heavy atom. The second kappa shape index (κ2) is 4.35. The Morgan fingerprint density at radius 1 is 1.62 bits per heavy atom. The van der Waals surface area contributed by atoms with Crippen LogP contribution in [-0.2, 0) is 0 Å². The average Bonchev–Trinajstić information content (AvgIpc) is 2.16. The van der Waals surface area contributed by atoms with E-state index >= 15 is 0 Å². The number of Topliss-reactive ketones (excluding diaryl/α,β-unsaturated/α-hetero) is 1. The zero-order valence-corrected chi connectivity index (χ0v) is 8.91. The molecule has 1 rings (SSSR count). The number of carbonyl (C=O) groups excluding carboxylic acids is 1. The Balaban J connectivity index is 3.14. The van der Waals surface area contributed by atoms with Crippen LogP contribution in [0.3, 0.4) is 0 Å². The summed E-state index contributed by atoms with van der Waals surface area (Å²) in [5.41, 5.74) is 6.36. The van der Waals surface area contributed by atoms with E-state index in [9.17, 15) is 4.79 Å². The molecule has 0 atom stereocenters. The summed E-state index contributed by atoms with van der Waals surface area (Å²) in [6.07, 6.45) is 0. The van der Waals surface area contributed by atoms with Crippen LogP contribution in [0, 0.1) is 14.9 Å². The van der Waals surface area contributed by atoms with E-state index in [0.717, 1.165) is 3.57 Å². The molecule has 0 aliphatic heterocycles. The molecule has 0 bridgehead atoms. The third-order valence-electron chi connectivity index (χ3n) is 1.58. The first kappa shape index (κ1) is 10.2. The smallest absolute Gasteiger partial charge is 0.177 e. The fraction of sp³-hybridized carbons (Fsp3) is 0.111. The van der Waals surface area contributed by atoms with E-state index in [1.165, 1.54) is 0 Å². The molecule has 0 aliphatic rings. The van der Waals surface area contributed by atoms with Crippen molar-refractivity contribution in [1.82, 2.24) is 0 Å². The number of nitrogens with two attached hydrogens (primary N) is 1. The fourth-order valence-corrected chi connectivity index (χ4v) is 1.74. The third kappa shape index (κ3) is 2.26. The molecule has 0 aromatic heterocycles. The highest BCUT2D eigenvalue weighted by Crippen LogP contribution is 2.14. The predicted octanol–water partition coefficient (Wildman–Crippen LogP) is 1.30. The summed E-state index contributed by atoms with van der Waals surface area (Å²) < 4.78 is 0.770. The molecule has 13 heavy (non-hydrogen) atoms. The summed E-state index contributed by atoms with van der Waals surface area (Å²) in [5, 5.41) is 8.59. The minimum Gasteiger partial charge on any atom is -0.324 e. The van der Waals surface area contributed by atoms with Gasteiger partial charge in [0.1, 0.15) is 0 Å². The molecule has 1 aromatic rings. The predicted molar refractivity (Wildman–Crippen MR) is 57.3 cm³/mol. The van der Waals surface area contributed by atoms with Crippen molar-refractivity contribution in [3.8, 4) is 6.07 Å². The molecule has 1 aromatic carbocycles. The lowest BCUT2D eigenvalue weighted by Crippen LogP contribution is -2.14. The van der Waals surface area contributed by atoms with Crippen LogP contribution in [0.25, 0.3) is 0 Å². The van der Waals surface area contributed by atoms with Crippen LogP contribution in [0.2, 0.25) is 0 Å². The first-order valence-corrected chi connectivity index (χ1v) is 4.70. The Morgan fingerprint density at radius 2 is 2.31 bits per heavy atom. The Kier molecular flexibility index (Phi) is 3.39. The number of rotatable bonds is 2. The highest BCUT2D eigenvalue weighted by molar-refractivity contribution is 14.1. The van der Waals surface area contributed by atoms with Crippen LogP contribution in [0.4, 0.5) is 0 Å². The van der Waals surface area contributed by atoms with Gasteiger partial charge in [0, 0.05) is 9.13 Å². The number of ketones is 1. The molecule has 0 amide bonds. The van der Waals surface area contributed by atoms with Crippen molar-refractivity contribution in [2.45, 2.75) is 0 Å². The van der Waals surface area contributed by atoms with Crippen LogP contribution >= 0.6 is 22.6 Å². The lowest BCUT2D eigenvalue weighted by atomic mass is 10.1. The van der Waals surface area contributed by atoms with Gasteiger partial charge in [0.2, 0.25) is 0 Å². The van der Waals surface area contributed by atoms with Crippen molar-refractivity contribution in [3.05, 3.63) is 32.9 Å². The van der Waals surface area contributed by atoms with Gasteiger partial charge in [0.15, 0.2) is 5.78 Å². The van der Waals surface area contributed by atoms with E-state index in [2.05, 4.69) is 0 Å². The van der Waals surface area contributed by atoms with Crippen molar-refractivity contribution in [3.63, 3.8) is 0 Å². The van der Waals surface area contributed by atoms with Crippen molar-refractivity contribution in [2.75, 3.05) is 6.54 Å². The van der Waals surface area contributed by atoms with Gasteiger partial charge in [-0.25, -0.2) is 0 Å². The first-order valence-electron chi connectivity index (χ1n) is 3.62. The van der Waals surface area contributed by atoms with Gasteiger partial charge in [-0.2, -0.15) is 5.26 Å². The summed E-state index contributed by atoms with van der Waals surface area (Å²) >= 11 is 2.02. The molecular formula is C9H7IN2O. The number of nitrogens with zero attached hydrogens (tertiary/aromatic N) is 1. The molecule has 0 saturated carbocycles. The van der Waals surface area contributed by atoms with Gasteiger partial charge in [-0.1, -0.05) is 0 Å². The van der Waals surface area contributed by atoms with Gasteiger partial charge in [-0.15, -0.1) is 0 Å². The summed E-state index contributed by atoms with van der Waals surface area (Å²) in [6.45, 7) is 0.00189. The molecule has 0 radical (unpaired) electrons. The fourth-order valence-electron chi connectivity index (χ4n) is 0.921. The molecule has 0 fully saturated rings. The summed E-state index contributed by atoms with van der Waals surface area (Å²) in [5.74, 6) is -0.103. The number of hydrogen-bond donors (Lipinski definition) is 1. The zero-order chi connectivity index (χ0) is 9.84. The van der Waals surface area contributed by atoms with Gasteiger partial charge in [-0.3, -0.25) is 4.79 Å². The largest absolute Gasteiger partial charge is 0.324 e. The molecule has 0 spiro atoms. The minimum atomic E-state index is -0.103. The van der Waals surface area contributed by atoms with Gasteiger partial charge in [-0.05, 0) is 40.8 Å². The van der Waals surface area contributed by atoms with E-state index in [1.807, 2.05) is 28.7 Å². The van der Waals surface area contributed by atoms with Crippen LogP contribution in [0.1, 0.15) is 15.9 Å². The van der Waals surface area contributed by atoms with E-state index in [1.54, 1.807) is 18.2 Å². The Hall–Kier alpha value is -0.930. The highest BCUT2D eigenvalue weighted by Gasteiger charge is 2.07. The van der Waals surface area contributed by atoms with Crippen molar-refractivity contribution in [1.29, 1.82) is 5.26 Å². The maximum atomic E-state index is 11.2. The van der Waals surface area contributed by atoms with Crippen LogP contribution in [-0.4, -0.2) is 12.3 Å². The van der Waals surface area contributed by atoms with E-state index in [0.29, 0.717) is 11.1 Å². The lowest BCUT2D eigenvalue weighted by Gasteiger charge is -2.00. The van der Waals surface area contributed by atoms with Crippen LogP contribution in [0.5, 0.6) is 0 Å². The standard InChI is InChI=1S/C9H7IN2O/c10-8-3-6(4-11)1-2-7(8)9(13)5-12/h1-3H,5,12H2. The van der Waals surface area contributed by atoms with Gasteiger partial charge >= 0.3 is 0 Å². The zero-order valence-electron chi connectivity index (χ0n) is 6.75. The normalized spacial score (nSPS) is 9.31. The molecule has 4 heteroatoms. The number of halogens is 1. The SMILES string of the molecule is N#Cc1ccc(C(=O)CN)c(I)c1. The summed E-state index contributed by atoms with van der Waals surface area (Å²) in [6, 6.07) is 6.93. The number of carbonyl (C=O) groups is 1. The second-order valence-corrected chi connectivity index (χ2v) is 3.60. The van der Waals surface area contributed by atoms with Gasteiger partial charge in [0.25, 0.3) is 0 Å². The summed E-state index contributed by atoms with van der Waals surface area (Å²) in [4.78, 5) is 11.2. The Labute approximate surface area is 89.7 Å². The topological polar surface area (TPSA) is 66.9 Å². The molecule has 0 saturated heterocycles. The van der Waals surface area contributed by atoms with E-state index in [-0.39, 0.29) is 12.3 Å². The molecular weight excluding hydrogens is 279 g/mol. The molecule has 0 heterocycles. The molecule has 2 N–H and O–H groups in total.